The Morgan fingerprint density at radius 3 is 2.67 bits per heavy atom. The lowest BCUT2D eigenvalue weighted by Crippen LogP contribution is -2.50. The Kier molecular flexibility index (Phi) is 5.59. The number of rotatable bonds is 5. The maximum absolute atomic E-state index is 12.1. The van der Waals surface area contributed by atoms with Gasteiger partial charge in [0.25, 0.3) is 0 Å². The molecule has 146 valence electrons. The van der Waals surface area contributed by atoms with Crippen LogP contribution in [0.4, 0.5) is 5.82 Å². The standard InChI is InChI=1S/C20H28N4O2S/c1-3-6-16-21-19(24-11-9-23(10-12-24)17(25)13-26-2)18-14-7-4-5-8-15(14)27-20(18)22-16/h3-13H2,1-2H3. The summed E-state index contributed by atoms with van der Waals surface area (Å²) in [6.45, 7) is 5.42. The molecule has 1 saturated heterocycles. The molecule has 0 radical (unpaired) electrons. The van der Waals surface area contributed by atoms with Gasteiger partial charge in [0, 0.05) is 44.6 Å². The van der Waals surface area contributed by atoms with Crippen LogP contribution < -0.4 is 4.90 Å². The van der Waals surface area contributed by atoms with E-state index in [-0.39, 0.29) is 12.5 Å². The molecule has 0 atom stereocenters. The van der Waals surface area contributed by atoms with Crippen LogP contribution in [0.25, 0.3) is 10.2 Å². The first-order chi connectivity index (χ1) is 13.2. The third kappa shape index (κ3) is 3.67. The second kappa shape index (κ2) is 8.10. The lowest BCUT2D eigenvalue weighted by molar-refractivity contribution is -0.135. The van der Waals surface area contributed by atoms with Gasteiger partial charge in [-0.3, -0.25) is 4.79 Å². The zero-order chi connectivity index (χ0) is 18.8. The van der Waals surface area contributed by atoms with E-state index < -0.39 is 0 Å². The lowest BCUT2D eigenvalue weighted by atomic mass is 9.97. The van der Waals surface area contributed by atoms with Gasteiger partial charge in [-0.1, -0.05) is 6.92 Å². The van der Waals surface area contributed by atoms with Gasteiger partial charge in [0.2, 0.25) is 5.91 Å². The molecule has 27 heavy (non-hydrogen) atoms. The van der Waals surface area contributed by atoms with E-state index in [1.807, 2.05) is 16.2 Å². The van der Waals surface area contributed by atoms with Crippen LogP contribution in [0.3, 0.4) is 0 Å². The Balaban J connectivity index is 1.66. The van der Waals surface area contributed by atoms with Gasteiger partial charge in [0.1, 0.15) is 23.1 Å². The molecular formula is C20H28N4O2S. The number of carbonyl (C=O) groups excluding carboxylic acids is 1. The molecule has 2 aromatic heterocycles. The number of ether oxygens (including phenoxy) is 1. The quantitative estimate of drug-likeness (QED) is 0.788. The van der Waals surface area contributed by atoms with Crippen LogP contribution in [0, 0.1) is 0 Å². The summed E-state index contributed by atoms with van der Waals surface area (Å²) in [5.74, 6) is 2.13. The summed E-state index contributed by atoms with van der Waals surface area (Å²) in [7, 11) is 1.57. The zero-order valence-corrected chi connectivity index (χ0v) is 17.1. The predicted octanol–water partition coefficient (Wildman–Crippen LogP) is 2.82. The summed E-state index contributed by atoms with van der Waals surface area (Å²) in [5, 5.41) is 1.28. The summed E-state index contributed by atoms with van der Waals surface area (Å²) in [6, 6.07) is 0. The van der Waals surface area contributed by atoms with Gasteiger partial charge in [-0.05, 0) is 37.7 Å². The number of anilines is 1. The molecule has 0 unspecified atom stereocenters. The molecule has 2 aliphatic rings. The van der Waals surface area contributed by atoms with E-state index in [9.17, 15) is 4.79 Å². The fourth-order valence-corrected chi connectivity index (χ4v) is 5.40. The van der Waals surface area contributed by atoms with Crippen molar-refractivity contribution in [3.8, 4) is 0 Å². The van der Waals surface area contributed by atoms with Crippen LogP contribution in [0.5, 0.6) is 0 Å². The minimum Gasteiger partial charge on any atom is -0.375 e. The van der Waals surface area contributed by atoms with Gasteiger partial charge in [0.15, 0.2) is 0 Å². The second-order valence-corrected chi connectivity index (χ2v) is 8.49. The molecule has 1 aliphatic heterocycles. The Labute approximate surface area is 164 Å². The van der Waals surface area contributed by atoms with Crippen LogP contribution in [-0.4, -0.2) is 60.7 Å². The minimum atomic E-state index is 0.0737. The van der Waals surface area contributed by atoms with Crippen LogP contribution >= 0.6 is 11.3 Å². The molecule has 2 aromatic rings. The van der Waals surface area contributed by atoms with Crippen molar-refractivity contribution in [3.05, 3.63) is 16.3 Å². The number of hydrogen-bond acceptors (Lipinski definition) is 6. The van der Waals surface area contributed by atoms with E-state index in [2.05, 4.69) is 11.8 Å². The summed E-state index contributed by atoms with van der Waals surface area (Å²) < 4.78 is 5.00. The van der Waals surface area contributed by atoms with Crippen molar-refractivity contribution in [1.82, 2.24) is 14.9 Å². The van der Waals surface area contributed by atoms with Gasteiger partial charge in [-0.25, -0.2) is 9.97 Å². The number of aromatic nitrogens is 2. The number of carbonyl (C=O) groups is 1. The highest BCUT2D eigenvalue weighted by molar-refractivity contribution is 7.19. The van der Waals surface area contributed by atoms with Crippen molar-refractivity contribution >= 4 is 33.3 Å². The number of hydrogen-bond donors (Lipinski definition) is 0. The Morgan fingerprint density at radius 2 is 1.93 bits per heavy atom. The second-order valence-electron chi connectivity index (χ2n) is 7.41. The van der Waals surface area contributed by atoms with Gasteiger partial charge in [-0.2, -0.15) is 0 Å². The molecule has 0 saturated carbocycles. The number of fused-ring (bicyclic) bond motifs is 3. The van der Waals surface area contributed by atoms with Crippen molar-refractivity contribution in [2.45, 2.75) is 45.4 Å². The van der Waals surface area contributed by atoms with Crippen LogP contribution in [0.1, 0.15) is 42.5 Å². The van der Waals surface area contributed by atoms with E-state index in [1.165, 1.54) is 35.1 Å². The summed E-state index contributed by atoms with van der Waals surface area (Å²) in [5.41, 5.74) is 1.48. The van der Waals surface area contributed by atoms with Gasteiger partial charge >= 0.3 is 0 Å². The minimum absolute atomic E-state index is 0.0737. The largest absolute Gasteiger partial charge is 0.375 e. The third-order valence-electron chi connectivity index (χ3n) is 5.52. The van der Waals surface area contributed by atoms with E-state index >= 15 is 0 Å². The first-order valence-electron chi connectivity index (χ1n) is 10.0. The Hall–Kier alpha value is -1.73. The molecule has 0 bridgehead atoms. The maximum atomic E-state index is 12.1. The molecule has 1 aliphatic carbocycles. The van der Waals surface area contributed by atoms with Gasteiger partial charge in [-0.15, -0.1) is 11.3 Å². The average Bonchev–Trinajstić information content (AvgIpc) is 3.06. The van der Waals surface area contributed by atoms with E-state index in [4.69, 9.17) is 14.7 Å². The fourth-order valence-electron chi connectivity index (χ4n) is 4.13. The lowest BCUT2D eigenvalue weighted by Gasteiger charge is -2.36. The molecule has 0 spiro atoms. The maximum Gasteiger partial charge on any atom is 0.248 e. The van der Waals surface area contributed by atoms with Gasteiger partial charge < -0.3 is 14.5 Å². The molecule has 0 aromatic carbocycles. The van der Waals surface area contributed by atoms with Crippen molar-refractivity contribution < 1.29 is 9.53 Å². The van der Waals surface area contributed by atoms with E-state index in [0.717, 1.165) is 61.9 Å². The predicted molar refractivity (Wildman–Crippen MR) is 109 cm³/mol. The van der Waals surface area contributed by atoms with E-state index in [0.29, 0.717) is 0 Å². The van der Waals surface area contributed by atoms with E-state index in [1.54, 1.807) is 7.11 Å². The number of methoxy groups -OCH3 is 1. The molecule has 1 amide bonds. The molecule has 7 heteroatoms. The number of piperazine rings is 1. The van der Waals surface area contributed by atoms with Crippen molar-refractivity contribution in [2.24, 2.45) is 0 Å². The first-order valence-corrected chi connectivity index (χ1v) is 10.9. The Bertz CT molecular complexity index is 827. The molecular weight excluding hydrogens is 360 g/mol. The van der Waals surface area contributed by atoms with Crippen LogP contribution in [0.15, 0.2) is 0 Å². The first kappa shape index (κ1) is 18.6. The molecule has 4 rings (SSSR count). The van der Waals surface area contributed by atoms with Crippen LogP contribution in [0.2, 0.25) is 0 Å². The summed E-state index contributed by atoms with van der Waals surface area (Å²) in [6.07, 6.45) is 6.83. The van der Waals surface area contributed by atoms with Crippen molar-refractivity contribution in [1.29, 1.82) is 0 Å². The fraction of sp³-hybridized carbons (Fsp3) is 0.650. The normalized spacial score (nSPS) is 17.4. The van der Waals surface area contributed by atoms with Gasteiger partial charge in [0.05, 0.1) is 5.39 Å². The highest BCUT2D eigenvalue weighted by Crippen LogP contribution is 2.40. The van der Waals surface area contributed by atoms with Crippen LogP contribution in [-0.2, 0) is 28.8 Å². The summed E-state index contributed by atoms with van der Waals surface area (Å²) in [4.78, 5) is 28.9. The topological polar surface area (TPSA) is 58.6 Å². The molecule has 0 N–H and O–H groups in total. The zero-order valence-electron chi connectivity index (χ0n) is 16.3. The number of nitrogens with zero attached hydrogens (tertiary/aromatic N) is 4. The SMILES string of the molecule is CCCc1nc(N2CCN(C(=O)COC)CC2)c2c3c(sc2n1)CCCC3. The molecule has 1 fully saturated rings. The summed E-state index contributed by atoms with van der Waals surface area (Å²) >= 11 is 1.87. The number of thiophene rings is 1. The van der Waals surface area contributed by atoms with Crippen molar-refractivity contribution in [2.75, 3.05) is 44.8 Å². The average molecular weight is 389 g/mol. The molecule has 6 nitrogen and oxygen atoms in total. The molecule has 3 heterocycles. The third-order valence-corrected chi connectivity index (χ3v) is 6.70. The monoisotopic (exact) mass is 388 g/mol. The Morgan fingerprint density at radius 1 is 1.15 bits per heavy atom. The highest BCUT2D eigenvalue weighted by Gasteiger charge is 2.27. The number of amides is 1. The highest BCUT2D eigenvalue weighted by atomic mass is 32.1. The smallest absolute Gasteiger partial charge is 0.248 e. The van der Waals surface area contributed by atoms with Crippen molar-refractivity contribution in [3.63, 3.8) is 0 Å². The number of aryl methyl sites for hydroxylation is 3.